The highest BCUT2D eigenvalue weighted by Gasteiger charge is 2.29. The van der Waals surface area contributed by atoms with E-state index in [4.69, 9.17) is 9.15 Å². The standard InChI is InChI=1S/C19H21NO4S/c1-3-12-6-8-14-15(11-12)25-18(17(14)19(22)23-2)20-16(21)9-7-13-5-4-10-24-13/h4-5,7,9-10,12H,3,6,8,11H2,1-2H3,(H,20,21)/b9-7+/t12-/m1/s1. The highest BCUT2D eigenvalue weighted by molar-refractivity contribution is 7.17. The molecule has 0 fully saturated rings. The Balaban J connectivity index is 1.83. The maximum atomic E-state index is 12.2. The number of hydrogen-bond acceptors (Lipinski definition) is 5. The van der Waals surface area contributed by atoms with Gasteiger partial charge in [-0.15, -0.1) is 11.3 Å². The van der Waals surface area contributed by atoms with Crippen molar-refractivity contribution in [3.05, 3.63) is 46.2 Å². The lowest BCUT2D eigenvalue weighted by Gasteiger charge is -2.20. The molecule has 132 valence electrons. The van der Waals surface area contributed by atoms with Gasteiger partial charge in [0.25, 0.3) is 0 Å². The molecule has 1 atom stereocenters. The topological polar surface area (TPSA) is 68.5 Å². The summed E-state index contributed by atoms with van der Waals surface area (Å²) < 4.78 is 10.1. The van der Waals surface area contributed by atoms with E-state index in [-0.39, 0.29) is 5.91 Å². The third-order valence-electron chi connectivity index (χ3n) is 4.51. The third kappa shape index (κ3) is 3.85. The number of hydrogen-bond donors (Lipinski definition) is 1. The molecule has 3 rings (SSSR count). The van der Waals surface area contributed by atoms with E-state index in [1.807, 2.05) is 0 Å². The number of nitrogens with one attached hydrogen (secondary N) is 1. The Labute approximate surface area is 150 Å². The van der Waals surface area contributed by atoms with Crippen LogP contribution in [0.3, 0.4) is 0 Å². The van der Waals surface area contributed by atoms with Crippen LogP contribution in [0.4, 0.5) is 5.00 Å². The highest BCUT2D eigenvalue weighted by atomic mass is 32.1. The predicted molar refractivity (Wildman–Crippen MR) is 97.8 cm³/mol. The van der Waals surface area contributed by atoms with Crippen LogP contribution in [0.5, 0.6) is 0 Å². The Bertz CT molecular complexity index is 789. The molecule has 0 bridgehead atoms. The van der Waals surface area contributed by atoms with Crippen molar-refractivity contribution in [3.8, 4) is 0 Å². The molecule has 25 heavy (non-hydrogen) atoms. The maximum absolute atomic E-state index is 12.2. The smallest absolute Gasteiger partial charge is 0.341 e. The van der Waals surface area contributed by atoms with E-state index in [9.17, 15) is 9.59 Å². The number of furan rings is 1. The molecule has 0 saturated carbocycles. The van der Waals surface area contributed by atoms with E-state index >= 15 is 0 Å². The first-order valence-electron chi connectivity index (χ1n) is 8.37. The lowest BCUT2D eigenvalue weighted by Crippen LogP contribution is -2.15. The van der Waals surface area contributed by atoms with Crippen molar-refractivity contribution in [3.63, 3.8) is 0 Å². The first kappa shape index (κ1) is 17.5. The largest absolute Gasteiger partial charge is 0.465 e. The first-order chi connectivity index (χ1) is 12.1. The first-order valence-corrected chi connectivity index (χ1v) is 9.19. The summed E-state index contributed by atoms with van der Waals surface area (Å²) in [5.74, 6) is 0.545. The molecule has 0 spiro atoms. The second kappa shape index (κ2) is 7.70. The van der Waals surface area contributed by atoms with E-state index < -0.39 is 5.97 Å². The van der Waals surface area contributed by atoms with Gasteiger partial charge in [-0.1, -0.05) is 13.3 Å². The van der Waals surface area contributed by atoms with E-state index in [2.05, 4.69) is 12.2 Å². The van der Waals surface area contributed by atoms with Crippen LogP contribution in [0.1, 0.15) is 46.3 Å². The number of carbonyl (C=O) groups is 2. The van der Waals surface area contributed by atoms with Gasteiger partial charge in [-0.3, -0.25) is 4.79 Å². The van der Waals surface area contributed by atoms with Crippen molar-refractivity contribution in [2.24, 2.45) is 5.92 Å². The molecule has 2 heterocycles. The van der Waals surface area contributed by atoms with Crippen LogP contribution in [0.25, 0.3) is 6.08 Å². The molecule has 2 aromatic rings. The molecule has 1 N–H and O–H groups in total. The molecule has 1 aliphatic carbocycles. The summed E-state index contributed by atoms with van der Waals surface area (Å²) in [7, 11) is 1.37. The second-order valence-corrected chi connectivity index (χ2v) is 7.16. The van der Waals surface area contributed by atoms with Gasteiger partial charge in [0.15, 0.2) is 0 Å². The van der Waals surface area contributed by atoms with E-state index in [0.717, 1.165) is 31.2 Å². The minimum Gasteiger partial charge on any atom is -0.465 e. The number of rotatable bonds is 5. The fourth-order valence-electron chi connectivity index (χ4n) is 3.11. The van der Waals surface area contributed by atoms with Crippen LogP contribution in [-0.4, -0.2) is 19.0 Å². The fourth-order valence-corrected chi connectivity index (χ4v) is 4.46. The lowest BCUT2D eigenvalue weighted by atomic mass is 9.86. The minimum atomic E-state index is -0.391. The van der Waals surface area contributed by atoms with Crippen LogP contribution in [-0.2, 0) is 22.4 Å². The molecular formula is C19H21NO4S. The molecule has 1 aliphatic rings. The Morgan fingerprint density at radius 2 is 2.32 bits per heavy atom. The van der Waals surface area contributed by atoms with Crippen LogP contribution < -0.4 is 5.32 Å². The number of esters is 1. The van der Waals surface area contributed by atoms with Gasteiger partial charge in [-0.25, -0.2) is 4.79 Å². The van der Waals surface area contributed by atoms with Crippen molar-refractivity contribution in [1.82, 2.24) is 0 Å². The molecule has 2 aromatic heterocycles. The molecule has 0 aliphatic heterocycles. The number of ether oxygens (including phenoxy) is 1. The summed E-state index contributed by atoms with van der Waals surface area (Å²) in [4.78, 5) is 25.6. The number of thiophene rings is 1. The van der Waals surface area contributed by atoms with Crippen LogP contribution in [0.2, 0.25) is 0 Å². The average Bonchev–Trinajstić information content (AvgIpc) is 3.25. The minimum absolute atomic E-state index is 0.299. The molecule has 0 saturated heterocycles. The third-order valence-corrected chi connectivity index (χ3v) is 5.68. The second-order valence-electron chi connectivity index (χ2n) is 6.05. The van der Waals surface area contributed by atoms with Gasteiger partial charge < -0.3 is 14.5 Å². The molecule has 0 unspecified atom stereocenters. The zero-order valence-corrected chi connectivity index (χ0v) is 15.2. The SMILES string of the molecule is CC[C@@H]1CCc2c(sc(NC(=O)/C=C/c3ccco3)c2C(=O)OC)C1. The zero-order chi connectivity index (χ0) is 17.8. The van der Waals surface area contributed by atoms with Crippen LogP contribution in [0.15, 0.2) is 28.9 Å². The Hall–Kier alpha value is -2.34. The zero-order valence-electron chi connectivity index (χ0n) is 14.3. The van der Waals surface area contributed by atoms with Gasteiger partial charge in [0.2, 0.25) is 5.91 Å². The van der Waals surface area contributed by atoms with Gasteiger partial charge >= 0.3 is 5.97 Å². The van der Waals surface area contributed by atoms with Crippen molar-refractivity contribution in [2.45, 2.75) is 32.6 Å². The van der Waals surface area contributed by atoms with E-state index in [1.165, 1.54) is 29.4 Å². The Morgan fingerprint density at radius 3 is 3.00 bits per heavy atom. The summed E-state index contributed by atoms with van der Waals surface area (Å²) in [6.07, 6.45) is 8.53. The number of fused-ring (bicyclic) bond motifs is 1. The molecule has 0 aromatic carbocycles. The van der Waals surface area contributed by atoms with Crippen molar-refractivity contribution >= 4 is 34.3 Å². The van der Waals surface area contributed by atoms with Crippen LogP contribution in [0, 0.1) is 5.92 Å². The van der Waals surface area contributed by atoms with Crippen molar-refractivity contribution in [2.75, 3.05) is 12.4 Å². The maximum Gasteiger partial charge on any atom is 0.341 e. The Morgan fingerprint density at radius 1 is 1.48 bits per heavy atom. The highest BCUT2D eigenvalue weighted by Crippen LogP contribution is 2.40. The van der Waals surface area contributed by atoms with Crippen molar-refractivity contribution in [1.29, 1.82) is 0 Å². The monoisotopic (exact) mass is 359 g/mol. The number of amides is 1. The van der Waals surface area contributed by atoms with Gasteiger partial charge in [0.1, 0.15) is 10.8 Å². The summed E-state index contributed by atoms with van der Waals surface area (Å²) in [6, 6.07) is 3.52. The number of carbonyl (C=O) groups excluding carboxylic acids is 2. The molecule has 6 heteroatoms. The quantitative estimate of drug-likeness (QED) is 0.638. The van der Waals surface area contributed by atoms with Crippen LogP contribution >= 0.6 is 11.3 Å². The lowest BCUT2D eigenvalue weighted by molar-refractivity contribution is -0.111. The average molecular weight is 359 g/mol. The normalized spacial score (nSPS) is 16.6. The van der Waals surface area contributed by atoms with Crippen molar-refractivity contribution < 1.29 is 18.7 Å². The molecular weight excluding hydrogens is 338 g/mol. The van der Waals surface area contributed by atoms with Gasteiger partial charge in [-0.2, -0.15) is 0 Å². The van der Waals surface area contributed by atoms with E-state index in [1.54, 1.807) is 24.5 Å². The Kier molecular flexibility index (Phi) is 5.38. The summed E-state index contributed by atoms with van der Waals surface area (Å²) in [6.45, 7) is 2.19. The predicted octanol–water partition coefficient (Wildman–Crippen LogP) is 4.29. The van der Waals surface area contributed by atoms with Gasteiger partial charge in [-0.05, 0) is 49.0 Å². The fraction of sp³-hybridized carbons (Fsp3) is 0.368. The van der Waals surface area contributed by atoms with E-state index in [0.29, 0.717) is 22.2 Å². The summed E-state index contributed by atoms with van der Waals surface area (Å²) >= 11 is 1.49. The molecule has 5 nitrogen and oxygen atoms in total. The molecule has 1 amide bonds. The summed E-state index contributed by atoms with van der Waals surface area (Å²) in [5, 5.41) is 3.40. The number of methoxy groups -OCH3 is 1. The van der Waals surface area contributed by atoms with Gasteiger partial charge in [0.05, 0.1) is 18.9 Å². The summed E-state index contributed by atoms with van der Waals surface area (Å²) in [5.41, 5.74) is 1.55. The number of anilines is 1. The molecule has 0 radical (unpaired) electrons. The van der Waals surface area contributed by atoms with Gasteiger partial charge in [0, 0.05) is 11.0 Å².